The third-order valence-electron chi connectivity index (χ3n) is 1.60. The lowest BCUT2D eigenvalue weighted by Crippen LogP contribution is -2.17. The highest BCUT2D eigenvalue weighted by Crippen LogP contribution is 2.37. The van der Waals surface area contributed by atoms with Crippen LogP contribution in [0.3, 0.4) is 0 Å². The van der Waals surface area contributed by atoms with Gasteiger partial charge in [0, 0.05) is 0 Å². The minimum Gasteiger partial charge on any atom is -0.458 e. The van der Waals surface area contributed by atoms with E-state index in [0.29, 0.717) is 4.24 Å². The number of carbonyl (C=O) groups excluding carboxylic acids is 1. The second kappa shape index (κ2) is 6.02. The summed E-state index contributed by atoms with van der Waals surface area (Å²) in [6, 6.07) is 0. The number of rotatable bonds is 3. The van der Waals surface area contributed by atoms with Gasteiger partial charge in [0.15, 0.2) is 0 Å². The Bertz CT molecular complexity index is 295. The molecule has 0 aromatic carbocycles. The maximum absolute atomic E-state index is 11.3. The van der Waals surface area contributed by atoms with Crippen LogP contribution in [0.5, 0.6) is 0 Å². The number of esters is 1. The molecular weight excluding hydrogens is 238 g/mol. The summed E-state index contributed by atoms with van der Waals surface area (Å²) in [7, 11) is 0. The fourth-order valence-corrected chi connectivity index (χ4v) is 3.55. The zero-order valence-corrected chi connectivity index (χ0v) is 9.86. The first kappa shape index (κ1) is 12.4. The van der Waals surface area contributed by atoms with E-state index in [-0.39, 0.29) is 6.61 Å². The van der Waals surface area contributed by atoms with Gasteiger partial charge in [0.2, 0.25) is 0 Å². The monoisotopic (exact) mass is 249 g/mol. The standard InChI is InChI=1S/C8H11NO4S2/c1-2-13-7(10)6(9(11)12)8-14-4-3-5-15-8/h2-5H2,1H3. The van der Waals surface area contributed by atoms with Gasteiger partial charge in [-0.15, -0.1) is 23.5 Å². The minimum absolute atomic E-state index is 0.152. The van der Waals surface area contributed by atoms with Gasteiger partial charge in [0.05, 0.1) is 11.5 Å². The Kier molecular flexibility index (Phi) is 4.97. The van der Waals surface area contributed by atoms with Crippen molar-refractivity contribution >= 4 is 29.5 Å². The van der Waals surface area contributed by atoms with Crippen molar-refractivity contribution in [3.8, 4) is 0 Å². The lowest BCUT2D eigenvalue weighted by molar-refractivity contribution is -0.421. The van der Waals surface area contributed by atoms with Gasteiger partial charge in [-0.05, 0) is 24.9 Å². The molecule has 0 atom stereocenters. The van der Waals surface area contributed by atoms with Crippen LogP contribution in [0.1, 0.15) is 13.3 Å². The first-order chi connectivity index (χ1) is 7.16. The van der Waals surface area contributed by atoms with E-state index in [1.54, 1.807) is 6.92 Å². The van der Waals surface area contributed by atoms with Crippen LogP contribution in [0.25, 0.3) is 0 Å². The van der Waals surface area contributed by atoms with E-state index in [2.05, 4.69) is 4.74 Å². The first-order valence-electron chi connectivity index (χ1n) is 4.48. The molecule has 0 bridgehead atoms. The SMILES string of the molecule is CCOC(=O)C(=C1SCCCS1)[N+](=O)[O-]. The maximum Gasteiger partial charge on any atom is 0.411 e. The van der Waals surface area contributed by atoms with Crippen LogP contribution in [0.2, 0.25) is 0 Å². The number of nitrogens with zero attached hydrogens (tertiary/aromatic N) is 1. The van der Waals surface area contributed by atoms with Gasteiger partial charge in [0.1, 0.15) is 4.24 Å². The van der Waals surface area contributed by atoms with Crippen molar-refractivity contribution in [3.63, 3.8) is 0 Å². The summed E-state index contributed by atoms with van der Waals surface area (Å²) in [5, 5.41) is 10.7. The van der Waals surface area contributed by atoms with Crippen molar-refractivity contribution in [2.75, 3.05) is 18.1 Å². The summed E-state index contributed by atoms with van der Waals surface area (Å²) in [4.78, 5) is 21.4. The van der Waals surface area contributed by atoms with Gasteiger partial charge >= 0.3 is 11.7 Å². The number of hydrogen-bond donors (Lipinski definition) is 0. The van der Waals surface area contributed by atoms with Crippen LogP contribution >= 0.6 is 23.5 Å². The Morgan fingerprint density at radius 3 is 2.60 bits per heavy atom. The van der Waals surface area contributed by atoms with Gasteiger partial charge in [-0.3, -0.25) is 10.1 Å². The van der Waals surface area contributed by atoms with Crippen molar-refractivity contribution in [2.24, 2.45) is 0 Å². The van der Waals surface area contributed by atoms with Crippen LogP contribution in [0.15, 0.2) is 9.93 Å². The van der Waals surface area contributed by atoms with E-state index in [0.717, 1.165) is 17.9 Å². The molecule has 15 heavy (non-hydrogen) atoms. The van der Waals surface area contributed by atoms with Crippen molar-refractivity contribution < 1.29 is 14.5 Å². The van der Waals surface area contributed by atoms with Crippen LogP contribution < -0.4 is 0 Å². The third kappa shape index (κ3) is 3.42. The molecule has 1 heterocycles. The van der Waals surface area contributed by atoms with Crippen LogP contribution in [0, 0.1) is 10.1 Å². The van der Waals surface area contributed by atoms with E-state index in [4.69, 9.17) is 0 Å². The van der Waals surface area contributed by atoms with Crippen LogP contribution in [-0.4, -0.2) is 29.0 Å². The molecule has 84 valence electrons. The second-order valence-corrected chi connectivity index (χ2v) is 5.13. The van der Waals surface area contributed by atoms with E-state index < -0.39 is 16.6 Å². The molecule has 1 aliphatic rings. The van der Waals surface area contributed by atoms with Gasteiger partial charge in [-0.25, -0.2) is 4.79 Å². The second-order valence-electron chi connectivity index (χ2n) is 2.66. The Morgan fingerprint density at radius 1 is 1.53 bits per heavy atom. The highest BCUT2D eigenvalue weighted by molar-refractivity contribution is 8.22. The Morgan fingerprint density at radius 2 is 2.13 bits per heavy atom. The molecule has 1 rings (SSSR count). The molecule has 5 nitrogen and oxygen atoms in total. The molecule has 0 amide bonds. The molecule has 1 saturated heterocycles. The number of nitro groups is 1. The molecule has 0 N–H and O–H groups in total. The molecule has 0 saturated carbocycles. The molecule has 1 aliphatic heterocycles. The number of ether oxygens (including phenoxy) is 1. The molecular formula is C8H11NO4S2. The molecule has 0 spiro atoms. The van der Waals surface area contributed by atoms with Crippen LogP contribution in [-0.2, 0) is 9.53 Å². The van der Waals surface area contributed by atoms with Crippen LogP contribution in [0.4, 0.5) is 0 Å². The minimum atomic E-state index is -0.834. The largest absolute Gasteiger partial charge is 0.458 e. The predicted molar refractivity (Wildman–Crippen MR) is 60.2 cm³/mol. The highest BCUT2D eigenvalue weighted by Gasteiger charge is 2.30. The Balaban J connectivity index is 2.88. The van der Waals surface area contributed by atoms with E-state index in [9.17, 15) is 14.9 Å². The topological polar surface area (TPSA) is 69.4 Å². The third-order valence-corrected chi connectivity index (χ3v) is 4.20. The quantitative estimate of drug-likeness (QED) is 0.329. The van der Waals surface area contributed by atoms with Gasteiger partial charge in [-0.1, -0.05) is 0 Å². The molecule has 0 unspecified atom stereocenters. The average molecular weight is 249 g/mol. The fourth-order valence-electron chi connectivity index (χ4n) is 0.999. The Labute approximate surface area is 95.8 Å². The maximum atomic E-state index is 11.3. The summed E-state index contributed by atoms with van der Waals surface area (Å²) < 4.78 is 5.13. The first-order valence-corrected chi connectivity index (χ1v) is 6.45. The molecule has 0 aromatic heterocycles. The van der Waals surface area contributed by atoms with E-state index >= 15 is 0 Å². The van der Waals surface area contributed by atoms with Crippen molar-refractivity contribution in [1.82, 2.24) is 0 Å². The zero-order chi connectivity index (χ0) is 11.3. The molecule has 1 fully saturated rings. The molecule has 7 heteroatoms. The highest BCUT2D eigenvalue weighted by atomic mass is 32.2. The fraction of sp³-hybridized carbons (Fsp3) is 0.625. The average Bonchev–Trinajstić information content (AvgIpc) is 2.19. The molecule has 0 aliphatic carbocycles. The zero-order valence-electron chi connectivity index (χ0n) is 8.23. The van der Waals surface area contributed by atoms with Crippen molar-refractivity contribution in [3.05, 3.63) is 20.0 Å². The number of hydrogen-bond acceptors (Lipinski definition) is 6. The van der Waals surface area contributed by atoms with E-state index in [1.807, 2.05) is 0 Å². The molecule has 0 radical (unpaired) electrons. The lowest BCUT2D eigenvalue weighted by Gasteiger charge is -2.12. The summed E-state index contributed by atoms with van der Waals surface area (Å²) in [5.41, 5.74) is -0.411. The van der Waals surface area contributed by atoms with Gasteiger partial charge in [-0.2, -0.15) is 0 Å². The summed E-state index contributed by atoms with van der Waals surface area (Å²) in [5.74, 6) is 0.803. The summed E-state index contributed by atoms with van der Waals surface area (Å²) >= 11 is 2.71. The van der Waals surface area contributed by atoms with Crippen molar-refractivity contribution in [2.45, 2.75) is 13.3 Å². The summed E-state index contributed by atoms with van der Waals surface area (Å²) in [6.45, 7) is 1.78. The van der Waals surface area contributed by atoms with Gasteiger partial charge < -0.3 is 4.74 Å². The lowest BCUT2D eigenvalue weighted by atomic mass is 10.5. The summed E-state index contributed by atoms with van der Waals surface area (Å²) in [6.07, 6.45) is 1.01. The normalized spacial score (nSPS) is 15.9. The van der Waals surface area contributed by atoms with Gasteiger partial charge in [0.25, 0.3) is 0 Å². The van der Waals surface area contributed by atoms with Crippen molar-refractivity contribution in [1.29, 1.82) is 0 Å². The smallest absolute Gasteiger partial charge is 0.411 e. The predicted octanol–water partition coefficient (Wildman–Crippen LogP) is 1.87. The number of thioether (sulfide) groups is 2. The van der Waals surface area contributed by atoms with E-state index in [1.165, 1.54) is 23.5 Å². The number of carbonyl (C=O) groups is 1. The Hall–Kier alpha value is -0.690. The molecule has 0 aromatic rings.